The summed E-state index contributed by atoms with van der Waals surface area (Å²) in [5.74, 6) is -0.488. The van der Waals surface area contributed by atoms with Crippen molar-refractivity contribution in [3.63, 3.8) is 0 Å². The Morgan fingerprint density at radius 1 is 1.19 bits per heavy atom. The van der Waals surface area contributed by atoms with Gasteiger partial charge < -0.3 is 4.74 Å². The molecule has 1 aromatic heterocycles. The Hall–Kier alpha value is -1.53. The molecule has 2 heterocycles. The number of rotatable bonds is 2. The molecule has 1 aliphatic heterocycles. The van der Waals surface area contributed by atoms with Crippen LogP contribution in [0.5, 0.6) is 0 Å². The highest BCUT2D eigenvalue weighted by Gasteiger charge is 2.47. The summed E-state index contributed by atoms with van der Waals surface area (Å²) in [5.41, 5.74) is -0.189. The van der Waals surface area contributed by atoms with E-state index in [4.69, 9.17) is 4.74 Å². The van der Waals surface area contributed by atoms with Gasteiger partial charge in [-0.2, -0.15) is 0 Å². The summed E-state index contributed by atoms with van der Waals surface area (Å²) in [6.07, 6.45) is 3.66. The zero-order valence-electron chi connectivity index (χ0n) is 13.2. The average molecular weight is 292 g/mol. The second kappa shape index (κ2) is 5.35. The van der Waals surface area contributed by atoms with Crippen molar-refractivity contribution < 1.29 is 14.7 Å². The van der Waals surface area contributed by atoms with Crippen LogP contribution in [-0.2, 0) is 9.94 Å². The number of hydroxylamine groups is 2. The third-order valence-corrected chi connectivity index (χ3v) is 3.82. The van der Waals surface area contributed by atoms with E-state index in [-0.39, 0.29) is 11.8 Å². The summed E-state index contributed by atoms with van der Waals surface area (Å²) < 4.78 is 5.53. The van der Waals surface area contributed by atoms with Crippen molar-refractivity contribution in [2.75, 3.05) is 0 Å². The fourth-order valence-corrected chi connectivity index (χ4v) is 2.96. The maximum Gasteiger partial charge on any atom is 0.358 e. The highest BCUT2D eigenvalue weighted by atomic mass is 16.5. The van der Waals surface area contributed by atoms with Crippen molar-refractivity contribution in [3.8, 4) is 0 Å². The topological polar surface area (TPSA) is 75.2 Å². The van der Waals surface area contributed by atoms with Gasteiger partial charge in [0.2, 0.25) is 0 Å². The zero-order chi connectivity index (χ0) is 15.8. The Kier molecular flexibility index (Phi) is 4.04. The minimum Gasteiger partial charge on any atom is -0.457 e. The molecule has 0 atom stereocenters. The summed E-state index contributed by atoms with van der Waals surface area (Å²) in [6, 6.07) is 0. The van der Waals surface area contributed by atoms with Gasteiger partial charge in [0.1, 0.15) is 6.10 Å². The summed E-state index contributed by atoms with van der Waals surface area (Å²) in [7, 11) is 0. The van der Waals surface area contributed by atoms with E-state index in [1.807, 2.05) is 27.7 Å². The quantitative estimate of drug-likeness (QED) is 0.782. The number of hydrogen-bond acceptors (Lipinski definition) is 5. The number of carbonyl (C=O) groups is 1. The molecule has 0 saturated carbocycles. The molecule has 6 nitrogen and oxygen atoms in total. The predicted molar refractivity (Wildman–Crippen MR) is 75.9 cm³/mol. The molecule has 0 N–H and O–H groups in total. The number of aromatic nitrogens is 2. The number of piperidine rings is 1. The smallest absolute Gasteiger partial charge is 0.358 e. The second-order valence-corrected chi connectivity index (χ2v) is 6.90. The summed E-state index contributed by atoms with van der Waals surface area (Å²) >= 11 is 0. The fraction of sp³-hybridized carbons (Fsp3) is 0.667. The molecule has 1 saturated heterocycles. The van der Waals surface area contributed by atoms with Crippen molar-refractivity contribution in [1.29, 1.82) is 0 Å². The van der Waals surface area contributed by atoms with Gasteiger partial charge in [0.15, 0.2) is 5.69 Å². The third kappa shape index (κ3) is 3.39. The number of carbonyl (C=O) groups excluding carboxylic acids is 1. The lowest BCUT2D eigenvalue weighted by Crippen LogP contribution is -2.60. The molecule has 115 valence electrons. The zero-order valence-corrected chi connectivity index (χ0v) is 13.2. The van der Waals surface area contributed by atoms with Crippen molar-refractivity contribution >= 4 is 5.97 Å². The van der Waals surface area contributed by atoms with Crippen LogP contribution in [0.15, 0.2) is 12.4 Å². The van der Waals surface area contributed by atoms with Crippen LogP contribution in [0.4, 0.5) is 0 Å². The van der Waals surface area contributed by atoms with Crippen molar-refractivity contribution in [2.24, 2.45) is 0 Å². The van der Waals surface area contributed by atoms with Gasteiger partial charge in [0, 0.05) is 30.1 Å². The van der Waals surface area contributed by atoms with Gasteiger partial charge in [-0.3, -0.25) is 4.98 Å². The van der Waals surface area contributed by atoms with Crippen LogP contribution in [0.3, 0.4) is 0 Å². The first-order valence-corrected chi connectivity index (χ1v) is 7.09. The predicted octanol–water partition coefficient (Wildman–Crippen LogP) is 2.31. The lowest BCUT2D eigenvalue weighted by atomic mass is 9.80. The highest BCUT2D eigenvalue weighted by molar-refractivity contribution is 5.86. The Bertz CT molecular complexity index is 507. The molecule has 0 aliphatic carbocycles. The average Bonchev–Trinajstić information content (AvgIpc) is 2.36. The van der Waals surface area contributed by atoms with Gasteiger partial charge in [0.05, 0.1) is 11.9 Å². The molecule has 6 heteroatoms. The maximum atomic E-state index is 12.3. The largest absolute Gasteiger partial charge is 0.457 e. The number of nitrogens with zero attached hydrogens (tertiary/aromatic N) is 3. The van der Waals surface area contributed by atoms with E-state index in [0.717, 1.165) is 10.8 Å². The van der Waals surface area contributed by atoms with Crippen LogP contribution in [0, 0.1) is 6.92 Å². The Labute approximate surface area is 125 Å². The number of aryl methyl sites for hydroxylation is 1. The molecule has 0 unspecified atom stereocenters. The number of esters is 1. The fourth-order valence-electron chi connectivity index (χ4n) is 2.96. The summed E-state index contributed by atoms with van der Waals surface area (Å²) in [6.45, 7) is 9.28. The van der Waals surface area contributed by atoms with Crippen LogP contribution in [0.25, 0.3) is 0 Å². The first kappa shape index (κ1) is 15.9. The van der Waals surface area contributed by atoms with E-state index in [1.165, 1.54) is 12.4 Å². The van der Waals surface area contributed by atoms with Gasteiger partial charge >= 0.3 is 5.97 Å². The molecule has 2 rings (SSSR count). The number of hydrogen-bond donors (Lipinski definition) is 0. The van der Waals surface area contributed by atoms with Crippen LogP contribution in [0.1, 0.15) is 56.7 Å². The Balaban J connectivity index is 2.09. The van der Waals surface area contributed by atoms with Crippen LogP contribution in [0.2, 0.25) is 0 Å². The lowest BCUT2D eigenvalue weighted by Gasteiger charge is -2.49. The second-order valence-electron chi connectivity index (χ2n) is 6.90. The van der Waals surface area contributed by atoms with E-state index >= 15 is 0 Å². The Morgan fingerprint density at radius 3 is 2.24 bits per heavy atom. The molecule has 0 spiro atoms. The minimum atomic E-state index is -0.564. The molecule has 0 amide bonds. The molecule has 1 fully saturated rings. The van der Waals surface area contributed by atoms with Crippen LogP contribution in [-0.4, -0.2) is 38.2 Å². The van der Waals surface area contributed by atoms with E-state index in [9.17, 15) is 10.0 Å². The molecule has 0 bridgehead atoms. The Morgan fingerprint density at radius 2 is 1.76 bits per heavy atom. The van der Waals surface area contributed by atoms with E-state index in [0.29, 0.717) is 12.8 Å². The molecule has 1 aromatic rings. The summed E-state index contributed by atoms with van der Waals surface area (Å²) in [4.78, 5) is 20.2. The molecule has 1 aliphatic rings. The van der Waals surface area contributed by atoms with E-state index in [2.05, 4.69) is 9.97 Å². The van der Waals surface area contributed by atoms with Crippen LogP contribution < -0.4 is 0 Å². The van der Waals surface area contributed by atoms with E-state index < -0.39 is 17.0 Å². The van der Waals surface area contributed by atoms with Crippen molar-refractivity contribution in [1.82, 2.24) is 15.0 Å². The molecular weight excluding hydrogens is 270 g/mol. The van der Waals surface area contributed by atoms with Crippen LogP contribution >= 0.6 is 0 Å². The maximum absolute atomic E-state index is 12.3. The monoisotopic (exact) mass is 292 g/mol. The summed E-state index contributed by atoms with van der Waals surface area (Å²) in [5, 5.41) is 13.4. The minimum absolute atomic E-state index is 0.195. The van der Waals surface area contributed by atoms with E-state index in [1.54, 1.807) is 6.92 Å². The van der Waals surface area contributed by atoms with Crippen molar-refractivity contribution in [3.05, 3.63) is 23.8 Å². The molecule has 1 radical (unpaired) electrons. The molecule has 0 aromatic carbocycles. The molecule has 21 heavy (non-hydrogen) atoms. The number of ether oxygens (including phenoxy) is 1. The van der Waals surface area contributed by atoms with Crippen molar-refractivity contribution in [2.45, 2.75) is 64.6 Å². The van der Waals surface area contributed by atoms with Gasteiger partial charge in [-0.15, -0.1) is 10.3 Å². The standard InChI is InChI=1S/C15H22N3O3/c1-10-8-17-12(9-16-10)13(19)21-11-6-14(2,3)18(20)15(4,5)7-11/h8-9,11H,6-7H2,1-5H3. The highest BCUT2D eigenvalue weighted by Crippen LogP contribution is 2.38. The first-order chi connectivity index (χ1) is 9.62. The molecular formula is C15H22N3O3. The lowest BCUT2D eigenvalue weighted by molar-refractivity contribution is -0.298. The van der Waals surface area contributed by atoms with Gasteiger partial charge in [-0.05, 0) is 34.6 Å². The van der Waals surface area contributed by atoms with Gasteiger partial charge in [0.25, 0.3) is 0 Å². The SMILES string of the molecule is Cc1cnc(C(=O)OC2CC(C)(C)N([O])C(C)(C)C2)cn1. The normalized spacial score (nSPS) is 22.0. The first-order valence-electron chi connectivity index (χ1n) is 7.09. The van der Waals surface area contributed by atoms with Gasteiger partial charge in [-0.1, -0.05) is 0 Å². The third-order valence-electron chi connectivity index (χ3n) is 3.82. The van der Waals surface area contributed by atoms with Gasteiger partial charge in [-0.25, -0.2) is 9.78 Å².